The maximum atomic E-state index is 12.2. The van der Waals surface area contributed by atoms with Crippen LogP contribution in [0.2, 0.25) is 0 Å². The van der Waals surface area contributed by atoms with Crippen LogP contribution in [0, 0.1) is 0 Å². The van der Waals surface area contributed by atoms with Crippen LogP contribution in [-0.4, -0.2) is 66.3 Å². The van der Waals surface area contributed by atoms with Crippen molar-refractivity contribution in [2.75, 3.05) is 33.4 Å². The number of hydrogen-bond donors (Lipinski definition) is 1. The molecule has 0 saturated carbocycles. The summed E-state index contributed by atoms with van der Waals surface area (Å²) in [6, 6.07) is -0.0315. The van der Waals surface area contributed by atoms with Gasteiger partial charge in [-0.1, -0.05) is 0 Å². The minimum absolute atomic E-state index is 0.0517. The number of likely N-dealkylation sites (N-methyl/N-ethyl adjacent to an activating group) is 1. The average molecular weight is 274 g/mol. The maximum Gasteiger partial charge on any atom is 0.320 e. The number of carboxylic acid groups (broad SMARTS) is 1. The zero-order chi connectivity index (χ0) is 14.8. The molecule has 0 spiro atoms. The van der Waals surface area contributed by atoms with Crippen LogP contribution in [0.4, 0.5) is 4.79 Å². The Morgan fingerprint density at radius 3 is 2.37 bits per heavy atom. The Hall–Kier alpha value is -1.30. The summed E-state index contributed by atoms with van der Waals surface area (Å²) in [5, 5.41) is 8.63. The van der Waals surface area contributed by atoms with Gasteiger partial charge in [0.05, 0.1) is 6.61 Å². The molecular weight excluding hydrogens is 248 g/mol. The van der Waals surface area contributed by atoms with Gasteiger partial charge in [0.2, 0.25) is 0 Å². The Labute approximate surface area is 115 Å². The van der Waals surface area contributed by atoms with Crippen molar-refractivity contribution in [3.05, 3.63) is 0 Å². The van der Waals surface area contributed by atoms with Gasteiger partial charge in [0, 0.05) is 39.2 Å². The number of hydrogen-bond acceptors (Lipinski definition) is 3. The number of amides is 2. The molecule has 0 unspecified atom stereocenters. The smallest absolute Gasteiger partial charge is 0.320 e. The molecule has 0 rings (SSSR count). The van der Waals surface area contributed by atoms with E-state index in [1.165, 1.54) is 0 Å². The Kier molecular flexibility index (Phi) is 8.95. The van der Waals surface area contributed by atoms with Gasteiger partial charge in [-0.2, -0.15) is 0 Å². The van der Waals surface area contributed by atoms with Gasteiger partial charge in [-0.05, 0) is 27.2 Å². The third-order valence-corrected chi connectivity index (χ3v) is 2.76. The monoisotopic (exact) mass is 274 g/mol. The van der Waals surface area contributed by atoms with Crippen molar-refractivity contribution in [1.29, 1.82) is 0 Å². The average Bonchev–Trinajstić information content (AvgIpc) is 2.33. The third-order valence-electron chi connectivity index (χ3n) is 2.76. The maximum absolute atomic E-state index is 12.2. The highest BCUT2D eigenvalue weighted by Crippen LogP contribution is 2.06. The molecule has 1 N–H and O–H groups in total. The molecule has 0 saturated heterocycles. The molecule has 6 heteroatoms. The highest BCUT2D eigenvalue weighted by atomic mass is 16.5. The van der Waals surface area contributed by atoms with E-state index in [-0.39, 0.29) is 18.5 Å². The van der Waals surface area contributed by atoms with E-state index >= 15 is 0 Å². The normalized spacial score (nSPS) is 10.6. The van der Waals surface area contributed by atoms with E-state index < -0.39 is 5.97 Å². The minimum Gasteiger partial charge on any atom is -0.481 e. The molecule has 0 aliphatic carbocycles. The molecule has 0 fully saturated rings. The van der Waals surface area contributed by atoms with E-state index in [0.29, 0.717) is 32.7 Å². The van der Waals surface area contributed by atoms with Crippen LogP contribution >= 0.6 is 0 Å². The van der Waals surface area contributed by atoms with Gasteiger partial charge < -0.3 is 19.6 Å². The standard InChI is InChI=1S/C13H26N2O4/c1-5-19-10-9-14(4)13(18)15(11(2)3)8-6-7-12(16)17/h11H,5-10H2,1-4H3,(H,16,17). The summed E-state index contributed by atoms with van der Waals surface area (Å²) < 4.78 is 5.22. The van der Waals surface area contributed by atoms with Crippen LogP contribution in [0.5, 0.6) is 0 Å². The fourth-order valence-electron chi connectivity index (χ4n) is 1.64. The summed E-state index contributed by atoms with van der Waals surface area (Å²) in [5.74, 6) is -0.833. The predicted molar refractivity (Wildman–Crippen MR) is 73.2 cm³/mol. The van der Waals surface area contributed by atoms with Gasteiger partial charge in [0.15, 0.2) is 0 Å². The zero-order valence-corrected chi connectivity index (χ0v) is 12.4. The lowest BCUT2D eigenvalue weighted by molar-refractivity contribution is -0.137. The number of carboxylic acids is 1. The zero-order valence-electron chi connectivity index (χ0n) is 12.4. The van der Waals surface area contributed by atoms with E-state index in [1.54, 1.807) is 16.8 Å². The lowest BCUT2D eigenvalue weighted by Gasteiger charge is -2.31. The Morgan fingerprint density at radius 1 is 1.26 bits per heavy atom. The van der Waals surface area contributed by atoms with E-state index in [0.717, 1.165) is 0 Å². The number of carbonyl (C=O) groups is 2. The highest BCUT2D eigenvalue weighted by molar-refractivity contribution is 5.74. The lowest BCUT2D eigenvalue weighted by Crippen LogP contribution is -2.46. The van der Waals surface area contributed by atoms with Gasteiger partial charge in [-0.3, -0.25) is 4.79 Å². The van der Waals surface area contributed by atoms with E-state index in [9.17, 15) is 9.59 Å². The quantitative estimate of drug-likeness (QED) is 0.649. The Bertz CT molecular complexity index is 282. The Morgan fingerprint density at radius 2 is 1.89 bits per heavy atom. The van der Waals surface area contributed by atoms with Crippen molar-refractivity contribution in [3.8, 4) is 0 Å². The molecule has 0 bridgehead atoms. The fraction of sp³-hybridized carbons (Fsp3) is 0.846. The van der Waals surface area contributed by atoms with Crippen molar-refractivity contribution in [2.45, 2.75) is 39.7 Å². The second-order valence-corrected chi connectivity index (χ2v) is 4.69. The minimum atomic E-state index is -0.833. The predicted octanol–water partition coefficient (Wildman–Crippen LogP) is 1.65. The van der Waals surface area contributed by atoms with Gasteiger partial charge in [0.1, 0.15) is 0 Å². The Balaban J connectivity index is 4.27. The number of carbonyl (C=O) groups excluding carboxylic acids is 1. The van der Waals surface area contributed by atoms with E-state index in [4.69, 9.17) is 9.84 Å². The summed E-state index contributed by atoms with van der Waals surface area (Å²) >= 11 is 0. The van der Waals surface area contributed by atoms with Crippen molar-refractivity contribution in [1.82, 2.24) is 9.80 Å². The molecular formula is C13H26N2O4. The summed E-state index contributed by atoms with van der Waals surface area (Å²) in [4.78, 5) is 26.0. The summed E-state index contributed by atoms with van der Waals surface area (Å²) in [5.41, 5.74) is 0. The number of aliphatic carboxylic acids is 1. The first-order valence-electron chi connectivity index (χ1n) is 6.71. The first-order chi connectivity index (χ1) is 8.90. The van der Waals surface area contributed by atoms with Gasteiger partial charge in [0.25, 0.3) is 0 Å². The van der Waals surface area contributed by atoms with E-state index in [2.05, 4.69) is 0 Å². The largest absolute Gasteiger partial charge is 0.481 e. The second-order valence-electron chi connectivity index (χ2n) is 4.69. The number of rotatable bonds is 9. The van der Waals surface area contributed by atoms with Crippen molar-refractivity contribution in [2.24, 2.45) is 0 Å². The summed E-state index contributed by atoms with van der Waals surface area (Å²) in [6.07, 6.45) is 0.553. The van der Waals surface area contributed by atoms with Crippen LogP contribution < -0.4 is 0 Å². The molecule has 0 radical (unpaired) electrons. The van der Waals surface area contributed by atoms with Crippen molar-refractivity contribution < 1.29 is 19.4 Å². The molecule has 0 aromatic rings. The van der Waals surface area contributed by atoms with Crippen LogP contribution in [0.15, 0.2) is 0 Å². The molecule has 112 valence electrons. The third kappa shape index (κ3) is 7.66. The van der Waals surface area contributed by atoms with Gasteiger partial charge in [-0.15, -0.1) is 0 Å². The molecule has 0 aliphatic rings. The number of ether oxygens (including phenoxy) is 1. The highest BCUT2D eigenvalue weighted by Gasteiger charge is 2.20. The summed E-state index contributed by atoms with van der Waals surface area (Å²) in [7, 11) is 1.73. The van der Waals surface area contributed by atoms with Gasteiger partial charge in [-0.25, -0.2) is 4.79 Å². The van der Waals surface area contributed by atoms with Crippen LogP contribution in [0.3, 0.4) is 0 Å². The van der Waals surface area contributed by atoms with Crippen LogP contribution in [0.25, 0.3) is 0 Å². The second kappa shape index (κ2) is 9.61. The molecule has 19 heavy (non-hydrogen) atoms. The molecule has 0 heterocycles. The van der Waals surface area contributed by atoms with Crippen LogP contribution in [-0.2, 0) is 9.53 Å². The van der Waals surface area contributed by atoms with Crippen molar-refractivity contribution >= 4 is 12.0 Å². The molecule has 0 atom stereocenters. The molecule has 2 amide bonds. The fourth-order valence-corrected chi connectivity index (χ4v) is 1.64. The first-order valence-corrected chi connectivity index (χ1v) is 6.71. The summed E-state index contributed by atoms with van der Waals surface area (Å²) in [6.45, 7) is 7.91. The van der Waals surface area contributed by atoms with E-state index in [1.807, 2.05) is 20.8 Å². The molecule has 6 nitrogen and oxygen atoms in total. The lowest BCUT2D eigenvalue weighted by atomic mass is 10.2. The number of urea groups is 1. The van der Waals surface area contributed by atoms with Crippen molar-refractivity contribution in [3.63, 3.8) is 0 Å². The molecule has 0 aromatic carbocycles. The molecule has 0 aliphatic heterocycles. The first kappa shape index (κ1) is 17.7. The van der Waals surface area contributed by atoms with Crippen LogP contribution in [0.1, 0.15) is 33.6 Å². The SMILES string of the molecule is CCOCCN(C)C(=O)N(CCCC(=O)O)C(C)C. The van der Waals surface area contributed by atoms with Gasteiger partial charge >= 0.3 is 12.0 Å². The number of nitrogens with zero attached hydrogens (tertiary/aromatic N) is 2. The topological polar surface area (TPSA) is 70.1 Å². The molecule has 0 aromatic heterocycles.